The van der Waals surface area contributed by atoms with E-state index >= 15 is 0 Å². The highest BCUT2D eigenvalue weighted by atomic mass is 16.5. The predicted octanol–water partition coefficient (Wildman–Crippen LogP) is 2.97. The molecule has 0 bridgehead atoms. The summed E-state index contributed by atoms with van der Waals surface area (Å²) in [6, 6.07) is 9.64. The Morgan fingerprint density at radius 3 is 2.96 bits per heavy atom. The lowest BCUT2D eigenvalue weighted by molar-refractivity contribution is -0.133. The molecular weight excluding hydrogens is 302 g/mol. The van der Waals surface area contributed by atoms with Crippen molar-refractivity contribution in [2.24, 2.45) is 5.92 Å². The van der Waals surface area contributed by atoms with E-state index in [4.69, 9.17) is 4.74 Å². The maximum atomic E-state index is 12.4. The van der Waals surface area contributed by atoms with Gasteiger partial charge < -0.3 is 9.64 Å². The van der Waals surface area contributed by atoms with Gasteiger partial charge in [-0.1, -0.05) is 18.2 Å². The highest BCUT2D eigenvalue weighted by molar-refractivity contribution is 5.76. The van der Waals surface area contributed by atoms with Crippen molar-refractivity contribution in [3.63, 3.8) is 0 Å². The molecule has 1 unspecified atom stereocenters. The molecule has 1 aromatic heterocycles. The number of benzene rings is 1. The quantitative estimate of drug-likeness (QED) is 0.887. The minimum Gasteiger partial charge on any atom is -0.493 e. The first-order valence-corrected chi connectivity index (χ1v) is 8.67. The first-order valence-electron chi connectivity index (χ1n) is 8.67. The number of hydrogen-bond donors (Lipinski definition) is 1. The number of H-pyrrole nitrogens is 1. The predicted molar refractivity (Wildman–Crippen MR) is 92.9 cm³/mol. The monoisotopic (exact) mass is 327 g/mol. The number of rotatable bonds is 6. The Bertz CT molecular complexity index is 654. The zero-order valence-corrected chi connectivity index (χ0v) is 14.2. The number of nitrogens with zero attached hydrogens (tertiary/aromatic N) is 2. The molecule has 5 heteroatoms. The zero-order chi connectivity index (χ0) is 16.8. The highest BCUT2D eigenvalue weighted by Gasteiger charge is 2.24. The molecule has 1 saturated heterocycles. The molecule has 3 rings (SSSR count). The van der Waals surface area contributed by atoms with Crippen LogP contribution in [0.15, 0.2) is 36.5 Å². The van der Waals surface area contributed by atoms with Gasteiger partial charge in [-0.3, -0.25) is 9.89 Å². The van der Waals surface area contributed by atoms with Gasteiger partial charge in [0.15, 0.2) is 0 Å². The molecule has 2 aromatic rings. The topological polar surface area (TPSA) is 58.2 Å². The van der Waals surface area contributed by atoms with Gasteiger partial charge in [-0.25, -0.2) is 0 Å². The lowest BCUT2D eigenvalue weighted by Crippen LogP contribution is -2.41. The standard InChI is InChI=1S/C19H25N3O2/c1-15-13-20-21-18(15)12-16-6-5-10-22(14-16)19(23)9-11-24-17-7-3-2-4-8-17/h2-4,7-8,13,16H,5-6,9-12,14H2,1H3,(H,20,21). The van der Waals surface area contributed by atoms with Crippen LogP contribution in [0, 0.1) is 12.8 Å². The molecule has 24 heavy (non-hydrogen) atoms. The van der Waals surface area contributed by atoms with Crippen molar-refractivity contribution < 1.29 is 9.53 Å². The number of hydrogen-bond acceptors (Lipinski definition) is 3. The summed E-state index contributed by atoms with van der Waals surface area (Å²) in [5, 5.41) is 7.16. The number of aromatic nitrogens is 2. The van der Waals surface area contributed by atoms with E-state index in [1.54, 1.807) is 0 Å². The maximum Gasteiger partial charge on any atom is 0.226 e. The number of carbonyl (C=O) groups excluding carboxylic acids is 1. The van der Waals surface area contributed by atoms with Crippen molar-refractivity contribution >= 4 is 5.91 Å². The zero-order valence-electron chi connectivity index (χ0n) is 14.2. The van der Waals surface area contributed by atoms with Crippen molar-refractivity contribution in [2.45, 2.75) is 32.6 Å². The van der Waals surface area contributed by atoms with E-state index in [0.29, 0.717) is 18.9 Å². The molecule has 128 valence electrons. The number of aromatic amines is 1. The average Bonchev–Trinajstić information content (AvgIpc) is 3.01. The SMILES string of the molecule is Cc1cn[nH]c1CC1CCCN(C(=O)CCOc2ccccc2)C1. The van der Waals surface area contributed by atoms with Gasteiger partial charge in [0.05, 0.1) is 19.2 Å². The Morgan fingerprint density at radius 1 is 1.38 bits per heavy atom. The molecule has 1 aliphatic rings. The lowest BCUT2D eigenvalue weighted by atomic mass is 9.92. The van der Waals surface area contributed by atoms with Crippen LogP contribution in [0.3, 0.4) is 0 Å². The van der Waals surface area contributed by atoms with Gasteiger partial charge in [0.2, 0.25) is 5.91 Å². The molecule has 1 N–H and O–H groups in total. The summed E-state index contributed by atoms with van der Waals surface area (Å²) < 4.78 is 5.63. The third-order valence-electron chi connectivity index (χ3n) is 4.63. The maximum absolute atomic E-state index is 12.4. The first kappa shape index (κ1) is 16.6. The van der Waals surface area contributed by atoms with Crippen LogP contribution in [0.1, 0.15) is 30.5 Å². The Hall–Kier alpha value is -2.30. The summed E-state index contributed by atoms with van der Waals surface area (Å²) in [5.41, 5.74) is 2.40. The fourth-order valence-electron chi connectivity index (χ4n) is 3.26. The molecule has 0 spiro atoms. The van der Waals surface area contributed by atoms with Crippen LogP contribution in [0.25, 0.3) is 0 Å². The van der Waals surface area contributed by atoms with E-state index in [-0.39, 0.29) is 5.91 Å². The number of para-hydroxylation sites is 1. The van der Waals surface area contributed by atoms with Gasteiger partial charge in [-0.15, -0.1) is 0 Å². The molecule has 1 amide bonds. The van der Waals surface area contributed by atoms with Crippen molar-refractivity contribution in [1.82, 2.24) is 15.1 Å². The van der Waals surface area contributed by atoms with Crippen molar-refractivity contribution in [3.05, 3.63) is 47.8 Å². The fourth-order valence-corrected chi connectivity index (χ4v) is 3.26. The number of carbonyl (C=O) groups is 1. The molecular formula is C19H25N3O2. The summed E-state index contributed by atoms with van der Waals surface area (Å²) in [6.45, 7) is 4.21. The van der Waals surface area contributed by atoms with Gasteiger partial charge in [0.1, 0.15) is 5.75 Å². The number of aryl methyl sites for hydroxylation is 1. The number of piperidine rings is 1. The van der Waals surface area contributed by atoms with Crippen LogP contribution >= 0.6 is 0 Å². The molecule has 1 atom stereocenters. The molecule has 0 saturated carbocycles. The molecule has 1 fully saturated rings. The molecule has 1 aliphatic heterocycles. The number of nitrogens with one attached hydrogen (secondary N) is 1. The van der Waals surface area contributed by atoms with E-state index in [2.05, 4.69) is 17.1 Å². The van der Waals surface area contributed by atoms with Crippen LogP contribution in [0.4, 0.5) is 0 Å². The van der Waals surface area contributed by atoms with Gasteiger partial charge >= 0.3 is 0 Å². The Morgan fingerprint density at radius 2 is 2.21 bits per heavy atom. The Labute approximate surface area is 143 Å². The van der Waals surface area contributed by atoms with Crippen molar-refractivity contribution in [2.75, 3.05) is 19.7 Å². The summed E-state index contributed by atoms with van der Waals surface area (Å²) >= 11 is 0. The Kier molecular flexibility index (Phi) is 5.51. The van der Waals surface area contributed by atoms with Crippen LogP contribution in [-0.2, 0) is 11.2 Å². The molecule has 2 heterocycles. The number of ether oxygens (including phenoxy) is 1. The normalized spacial score (nSPS) is 17.7. The third kappa shape index (κ3) is 4.37. The summed E-state index contributed by atoms with van der Waals surface area (Å²) in [4.78, 5) is 14.4. The smallest absolute Gasteiger partial charge is 0.226 e. The molecule has 0 radical (unpaired) electrons. The summed E-state index contributed by atoms with van der Waals surface area (Å²) in [7, 11) is 0. The minimum absolute atomic E-state index is 0.192. The van der Waals surface area contributed by atoms with Crippen molar-refractivity contribution in [3.8, 4) is 5.75 Å². The Balaban J connectivity index is 1.45. The summed E-state index contributed by atoms with van der Waals surface area (Å²) in [5.74, 6) is 1.52. The van der Waals surface area contributed by atoms with Crippen LogP contribution in [-0.4, -0.2) is 40.7 Å². The third-order valence-corrected chi connectivity index (χ3v) is 4.63. The van der Waals surface area contributed by atoms with E-state index in [0.717, 1.165) is 31.7 Å². The van der Waals surface area contributed by atoms with Gasteiger partial charge in [0, 0.05) is 18.8 Å². The lowest BCUT2D eigenvalue weighted by Gasteiger charge is -2.32. The second kappa shape index (κ2) is 7.99. The van der Waals surface area contributed by atoms with Crippen LogP contribution < -0.4 is 4.74 Å². The largest absolute Gasteiger partial charge is 0.493 e. The summed E-state index contributed by atoms with van der Waals surface area (Å²) in [6.07, 6.45) is 5.51. The molecule has 0 aliphatic carbocycles. The minimum atomic E-state index is 0.192. The fraction of sp³-hybridized carbons (Fsp3) is 0.474. The van der Waals surface area contributed by atoms with E-state index < -0.39 is 0 Å². The first-order chi connectivity index (χ1) is 11.7. The van der Waals surface area contributed by atoms with Crippen LogP contribution in [0.5, 0.6) is 5.75 Å². The van der Waals surface area contributed by atoms with Gasteiger partial charge in [0.25, 0.3) is 0 Å². The van der Waals surface area contributed by atoms with E-state index in [1.165, 1.54) is 17.7 Å². The van der Waals surface area contributed by atoms with Gasteiger partial charge in [-0.05, 0) is 49.8 Å². The molecule has 5 nitrogen and oxygen atoms in total. The van der Waals surface area contributed by atoms with Crippen molar-refractivity contribution in [1.29, 1.82) is 0 Å². The van der Waals surface area contributed by atoms with Gasteiger partial charge in [-0.2, -0.15) is 5.10 Å². The van der Waals surface area contributed by atoms with E-state index in [9.17, 15) is 4.79 Å². The second-order valence-electron chi connectivity index (χ2n) is 6.50. The second-order valence-corrected chi connectivity index (χ2v) is 6.50. The highest BCUT2D eigenvalue weighted by Crippen LogP contribution is 2.22. The number of amides is 1. The molecule has 1 aromatic carbocycles. The van der Waals surface area contributed by atoms with E-state index in [1.807, 2.05) is 41.4 Å². The number of likely N-dealkylation sites (tertiary alicyclic amines) is 1. The average molecular weight is 327 g/mol. The van der Waals surface area contributed by atoms with Crippen LogP contribution in [0.2, 0.25) is 0 Å².